The molecule has 5 heteroatoms. The van der Waals surface area contributed by atoms with Crippen molar-refractivity contribution in [3.05, 3.63) is 48.3 Å². The van der Waals surface area contributed by atoms with Gasteiger partial charge in [-0.15, -0.1) is 0 Å². The van der Waals surface area contributed by atoms with E-state index < -0.39 is 0 Å². The predicted molar refractivity (Wildman–Crippen MR) is 65.5 cm³/mol. The van der Waals surface area contributed by atoms with Crippen molar-refractivity contribution in [3.63, 3.8) is 0 Å². The van der Waals surface area contributed by atoms with Crippen LogP contribution < -0.4 is 4.74 Å². The van der Waals surface area contributed by atoms with Crippen LogP contribution in [0.25, 0.3) is 0 Å². The Morgan fingerprint density at radius 2 is 2.11 bits per heavy atom. The third kappa shape index (κ3) is 3.10. The average Bonchev–Trinajstić information content (AvgIpc) is 2.92. The Bertz CT molecular complexity index is 491. The second kappa shape index (κ2) is 5.86. The van der Waals surface area contributed by atoms with Crippen LogP contribution in [0.4, 0.5) is 0 Å². The van der Waals surface area contributed by atoms with Crippen molar-refractivity contribution in [2.45, 2.75) is 6.54 Å². The Balaban J connectivity index is 1.85. The Morgan fingerprint density at radius 3 is 2.72 bits per heavy atom. The molecule has 0 amide bonds. The van der Waals surface area contributed by atoms with Gasteiger partial charge in [0.1, 0.15) is 12.4 Å². The molecule has 2 rings (SSSR count). The van der Waals surface area contributed by atoms with Crippen LogP contribution in [0, 0.1) is 0 Å². The second-order valence-electron chi connectivity index (χ2n) is 3.63. The number of methoxy groups -OCH3 is 1. The highest BCUT2D eigenvalue weighted by molar-refractivity contribution is 5.89. The third-order valence-electron chi connectivity index (χ3n) is 2.42. The summed E-state index contributed by atoms with van der Waals surface area (Å²) in [6.07, 6.45) is 3.61. The number of carbonyl (C=O) groups excluding carboxylic acids is 1. The fourth-order valence-electron chi connectivity index (χ4n) is 1.49. The normalized spacial score (nSPS) is 10.1. The lowest BCUT2D eigenvalue weighted by Crippen LogP contribution is -2.08. The van der Waals surface area contributed by atoms with Crippen LogP contribution in [0.5, 0.6) is 5.75 Å². The van der Waals surface area contributed by atoms with Crippen LogP contribution in [0.1, 0.15) is 10.4 Å². The molecule has 0 unspecified atom stereocenters. The van der Waals surface area contributed by atoms with Crippen molar-refractivity contribution in [2.24, 2.45) is 0 Å². The van der Waals surface area contributed by atoms with E-state index in [1.165, 1.54) is 7.11 Å². The summed E-state index contributed by atoms with van der Waals surface area (Å²) >= 11 is 0. The second-order valence-corrected chi connectivity index (χ2v) is 3.63. The molecular formula is C13H14N2O3. The molecule has 0 bridgehead atoms. The molecule has 1 aromatic heterocycles. The molecule has 5 nitrogen and oxygen atoms in total. The smallest absolute Gasteiger partial charge is 0.337 e. The van der Waals surface area contributed by atoms with Gasteiger partial charge in [0.2, 0.25) is 0 Å². The molecular weight excluding hydrogens is 232 g/mol. The maximum atomic E-state index is 11.2. The fraction of sp³-hybridized carbons (Fsp3) is 0.231. The number of nitrogens with zero attached hydrogens (tertiary/aromatic N) is 2. The van der Waals surface area contributed by atoms with Gasteiger partial charge in [-0.2, -0.15) is 5.10 Å². The van der Waals surface area contributed by atoms with Gasteiger partial charge in [-0.3, -0.25) is 4.68 Å². The van der Waals surface area contributed by atoms with Crippen molar-refractivity contribution in [1.82, 2.24) is 9.78 Å². The molecule has 0 saturated carbocycles. The standard InChI is InChI=1S/C13H14N2O3/c1-17-13(16)11-3-5-12(6-4-11)18-10-9-15-8-2-7-14-15/h2-8H,9-10H2,1H3. The minimum absolute atomic E-state index is 0.349. The Morgan fingerprint density at radius 1 is 1.33 bits per heavy atom. The van der Waals surface area contributed by atoms with Gasteiger partial charge >= 0.3 is 5.97 Å². The molecule has 0 radical (unpaired) electrons. The van der Waals surface area contributed by atoms with Crippen molar-refractivity contribution < 1.29 is 14.3 Å². The molecule has 1 aromatic carbocycles. The van der Waals surface area contributed by atoms with Gasteiger partial charge in [-0.25, -0.2) is 4.79 Å². The molecule has 0 aliphatic carbocycles. The molecule has 0 aliphatic rings. The number of rotatable bonds is 5. The van der Waals surface area contributed by atoms with Crippen molar-refractivity contribution >= 4 is 5.97 Å². The number of esters is 1. The monoisotopic (exact) mass is 246 g/mol. The molecule has 0 saturated heterocycles. The molecule has 0 fully saturated rings. The van der Waals surface area contributed by atoms with E-state index in [9.17, 15) is 4.79 Å². The average molecular weight is 246 g/mol. The minimum atomic E-state index is -0.349. The van der Waals surface area contributed by atoms with Gasteiger partial charge in [0.15, 0.2) is 0 Å². The third-order valence-corrected chi connectivity index (χ3v) is 2.42. The summed E-state index contributed by atoms with van der Waals surface area (Å²) in [4.78, 5) is 11.2. The summed E-state index contributed by atoms with van der Waals surface area (Å²) in [5.41, 5.74) is 0.511. The lowest BCUT2D eigenvalue weighted by molar-refractivity contribution is 0.0600. The van der Waals surface area contributed by atoms with E-state index in [-0.39, 0.29) is 5.97 Å². The highest BCUT2D eigenvalue weighted by Crippen LogP contribution is 2.12. The van der Waals surface area contributed by atoms with E-state index in [2.05, 4.69) is 9.84 Å². The SMILES string of the molecule is COC(=O)c1ccc(OCCn2cccn2)cc1. The first-order valence-electron chi connectivity index (χ1n) is 5.58. The lowest BCUT2D eigenvalue weighted by Gasteiger charge is -2.06. The largest absolute Gasteiger partial charge is 0.492 e. The maximum Gasteiger partial charge on any atom is 0.337 e. The summed E-state index contributed by atoms with van der Waals surface area (Å²) in [6, 6.07) is 8.71. The number of benzene rings is 1. The zero-order valence-electron chi connectivity index (χ0n) is 10.1. The van der Waals surface area contributed by atoms with E-state index in [0.717, 1.165) is 5.75 Å². The van der Waals surface area contributed by atoms with Crippen molar-refractivity contribution in [1.29, 1.82) is 0 Å². The number of hydrogen-bond donors (Lipinski definition) is 0. The van der Waals surface area contributed by atoms with Crippen LogP contribution in [-0.2, 0) is 11.3 Å². The van der Waals surface area contributed by atoms with E-state index in [1.807, 2.05) is 12.3 Å². The molecule has 1 heterocycles. The summed E-state index contributed by atoms with van der Waals surface area (Å²) in [6.45, 7) is 1.21. The van der Waals surface area contributed by atoms with Gasteiger partial charge < -0.3 is 9.47 Å². The molecule has 18 heavy (non-hydrogen) atoms. The van der Waals surface area contributed by atoms with Crippen LogP contribution in [-0.4, -0.2) is 29.5 Å². The topological polar surface area (TPSA) is 53.4 Å². The summed E-state index contributed by atoms with van der Waals surface area (Å²) in [5.74, 6) is 0.368. The molecule has 0 spiro atoms. The van der Waals surface area contributed by atoms with E-state index in [1.54, 1.807) is 35.1 Å². The zero-order valence-corrected chi connectivity index (χ0v) is 10.1. The first-order chi connectivity index (χ1) is 8.79. The first-order valence-corrected chi connectivity index (χ1v) is 5.58. The highest BCUT2D eigenvalue weighted by Gasteiger charge is 2.04. The summed E-state index contributed by atoms with van der Waals surface area (Å²) in [5, 5.41) is 4.07. The van der Waals surface area contributed by atoms with Gasteiger partial charge in [0.05, 0.1) is 19.2 Å². The quantitative estimate of drug-likeness (QED) is 0.754. The van der Waals surface area contributed by atoms with E-state index in [4.69, 9.17) is 4.74 Å². The fourth-order valence-corrected chi connectivity index (χ4v) is 1.49. The van der Waals surface area contributed by atoms with Crippen LogP contribution in [0.2, 0.25) is 0 Å². The van der Waals surface area contributed by atoms with E-state index >= 15 is 0 Å². The zero-order chi connectivity index (χ0) is 12.8. The van der Waals surface area contributed by atoms with Gasteiger partial charge in [-0.1, -0.05) is 0 Å². The van der Waals surface area contributed by atoms with Gasteiger partial charge in [0.25, 0.3) is 0 Å². The lowest BCUT2D eigenvalue weighted by atomic mass is 10.2. The Kier molecular flexibility index (Phi) is 3.96. The van der Waals surface area contributed by atoms with E-state index in [0.29, 0.717) is 18.7 Å². The number of carbonyl (C=O) groups is 1. The minimum Gasteiger partial charge on any atom is -0.492 e. The molecule has 0 atom stereocenters. The van der Waals surface area contributed by atoms with Crippen LogP contribution in [0.3, 0.4) is 0 Å². The highest BCUT2D eigenvalue weighted by atomic mass is 16.5. The Hall–Kier alpha value is -2.30. The summed E-state index contributed by atoms with van der Waals surface area (Å²) < 4.78 is 11.9. The predicted octanol–water partition coefficient (Wildman–Crippen LogP) is 1.75. The number of ether oxygens (including phenoxy) is 2. The van der Waals surface area contributed by atoms with Crippen molar-refractivity contribution in [3.8, 4) is 5.75 Å². The summed E-state index contributed by atoms with van der Waals surface area (Å²) in [7, 11) is 1.36. The maximum absolute atomic E-state index is 11.2. The molecule has 2 aromatic rings. The molecule has 94 valence electrons. The number of hydrogen-bond acceptors (Lipinski definition) is 4. The Labute approximate surface area is 105 Å². The molecule has 0 aliphatic heterocycles. The first kappa shape index (κ1) is 12.2. The van der Waals surface area contributed by atoms with Gasteiger partial charge in [0, 0.05) is 12.4 Å². The van der Waals surface area contributed by atoms with Crippen molar-refractivity contribution in [2.75, 3.05) is 13.7 Å². The van der Waals surface area contributed by atoms with Gasteiger partial charge in [-0.05, 0) is 30.3 Å². The van der Waals surface area contributed by atoms with Crippen LogP contribution >= 0.6 is 0 Å². The number of aromatic nitrogens is 2. The molecule has 0 N–H and O–H groups in total. The van der Waals surface area contributed by atoms with Crippen LogP contribution in [0.15, 0.2) is 42.7 Å².